The van der Waals surface area contributed by atoms with Crippen LogP contribution in [-0.4, -0.2) is 17.7 Å². The Kier molecular flexibility index (Phi) is 2.66. The molecule has 1 N–H and O–H groups in total. The van der Waals surface area contributed by atoms with Gasteiger partial charge in [-0.1, -0.05) is 18.2 Å². The van der Waals surface area contributed by atoms with Crippen molar-refractivity contribution < 1.29 is 0 Å². The van der Waals surface area contributed by atoms with Crippen molar-refractivity contribution in [1.82, 2.24) is 9.88 Å². The van der Waals surface area contributed by atoms with Crippen LogP contribution in [0.25, 0.3) is 10.9 Å². The number of hydrogen-bond donors (Lipinski definition) is 1. The van der Waals surface area contributed by atoms with Crippen LogP contribution in [0.2, 0.25) is 0 Å². The van der Waals surface area contributed by atoms with Crippen LogP contribution >= 0.6 is 0 Å². The van der Waals surface area contributed by atoms with E-state index in [0.29, 0.717) is 0 Å². The lowest BCUT2D eigenvalue weighted by Crippen LogP contribution is -2.26. The predicted octanol–water partition coefficient (Wildman–Crippen LogP) is 3.36. The largest absolute Gasteiger partial charge is 0.344 e. The Balaban J connectivity index is 1.95. The van der Waals surface area contributed by atoms with Gasteiger partial charge in [0.1, 0.15) is 0 Å². The van der Waals surface area contributed by atoms with Gasteiger partial charge in [-0.25, -0.2) is 0 Å². The van der Waals surface area contributed by atoms with Crippen LogP contribution in [0.15, 0.2) is 18.2 Å². The lowest BCUT2D eigenvalue weighted by Gasteiger charge is -2.23. The minimum absolute atomic E-state index is 0.762. The van der Waals surface area contributed by atoms with Gasteiger partial charge in [0.25, 0.3) is 0 Å². The number of piperidine rings is 1. The molecule has 0 amide bonds. The monoisotopic (exact) mass is 254 g/mol. The first kappa shape index (κ1) is 11.5. The molecule has 1 aromatic heterocycles. The molecule has 1 fully saturated rings. The Bertz CT molecular complexity index is 618. The van der Waals surface area contributed by atoms with E-state index in [4.69, 9.17) is 0 Å². The molecule has 3 heterocycles. The van der Waals surface area contributed by atoms with Crippen LogP contribution in [0, 0.1) is 6.92 Å². The van der Waals surface area contributed by atoms with E-state index in [1.807, 2.05) is 0 Å². The van der Waals surface area contributed by atoms with E-state index in [9.17, 15) is 0 Å². The molecule has 0 saturated carbocycles. The number of hydrogen-bond acceptors (Lipinski definition) is 1. The Morgan fingerprint density at radius 3 is 2.89 bits per heavy atom. The highest BCUT2D eigenvalue weighted by atomic mass is 15.0. The first-order chi connectivity index (χ1) is 9.36. The van der Waals surface area contributed by atoms with Gasteiger partial charge in [-0.2, -0.15) is 0 Å². The molecule has 1 aromatic carbocycles. The van der Waals surface area contributed by atoms with Crippen molar-refractivity contribution in [3.05, 3.63) is 35.0 Å². The van der Waals surface area contributed by atoms with Crippen LogP contribution in [-0.2, 0) is 13.0 Å². The van der Waals surface area contributed by atoms with E-state index in [0.717, 1.165) is 5.92 Å². The van der Waals surface area contributed by atoms with Gasteiger partial charge in [-0.05, 0) is 62.7 Å². The fourth-order valence-electron chi connectivity index (χ4n) is 4.17. The highest BCUT2D eigenvalue weighted by Gasteiger charge is 2.25. The van der Waals surface area contributed by atoms with Gasteiger partial charge in [-0.15, -0.1) is 0 Å². The standard InChI is InChI=1S/C17H22N2/c1-12-16(13-7-9-18-10-8-13)15-6-2-4-14-5-3-11-19(12)17(14)15/h2,4,6,13,18H,3,5,7-11H2,1H3. The quantitative estimate of drug-likeness (QED) is 0.825. The molecule has 2 aliphatic heterocycles. The topological polar surface area (TPSA) is 17.0 Å². The molecule has 2 nitrogen and oxygen atoms in total. The summed E-state index contributed by atoms with van der Waals surface area (Å²) in [5.74, 6) is 0.762. The molecule has 0 bridgehead atoms. The lowest BCUT2D eigenvalue weighted by atomic mass is 9.88. The van der Waals surface area contributed by atoms with E-state index >= 15 is 0 Å². The van der Waals surface area contributed by atoms with Gasteiger partial charge in [0.2, 0.25) is 0 Å². The van der Waals surface area contributed by atoms with E-state index in [1.54, 1.807) is 22.0 Å². The normalized spacial score (nSPS) is 20.1. The highest BCUT2D eigenvalue weighted by Crippen LogP contribution is 2.39. The van der Waals surface area contributed by atoms with Gasteiger partial charge < -0.3 is 9.88 Å². The summed E-state index contributed by atoms with van der Waals surface area (Å²) in [6.45, 7) is 5.91. The van der Waals surface area contributed by atoms with E-state index < -0.39 is 0 Å². The molecule has 4 rings (SSSR count). The third kappa shape index (κ3) is 1.66. The predicted molar refractivity (Wildman–Crippen MR) is 79.8 cm³/mol. The molecule has 2 aliphatic rings. The van der Waals surface area contributed by atoms with Crippen molar-refractivity contribution in [3.63, 3.8) is 0 Å². The van der Waals surface area contributed by atoms with Crippen molar-refractivity contribution in [2.45, 2.75) is 45.1 Å². The number of nitrogens with one attached hydrogen (secondary N) is 1. The van der Waals surface area contributed by atoms with E-state index in [1.165, 1.54) is 51.0 Å². The third-order valence-electron chi connectivity index (χ3n) is 5.05. The molecule has 0 aliphatic carbocycles. The average molecular weight is 254 g/mol. The first-order valence-electron chi connectivity index (χ1n) is 7.67. The zero-order valence-electron chi connectivity index (χ0n) is 11.7. The van der Waals surface area contributed by atoms with Crippen molar-refractivity contribution in [3.8, 4) is 0 Å². The second-order valence-corrected chi connectivity index (χ2v) is 6.09. The Hall–Kier alpha value is -1.28. The van der Waals surface area contributed by atoms with Crippen molar-refractivity contribution in [1.29, 1.82) is 0 Å². The molecule has 0 atom stereocenters. The van der Waals surface area contributed by atoms with Gasteiger partial charge in [0, 0.05) is 17.6 Å². The van der Waals surface area contributed by atoms with Gasteiger partial charge in [0.05, 0.1) is 5.52 Å². The molecule has 2 aromatic rings. The second kappa shape index (κ2) is 4.38. The third-order valence-corrected chi connectivity index (χ3v) is 5.05. The SMILES string of the molecule is Cc1c(C2CCNCC2)c2cccc3c2n1CCC3. The maximum Gasteiger partial charge on any atom is 0.0517 e. The highest BCUT2D eigenvalue weighted by molar-refractivity contribution is 5.89. The molecule has 2 heteroatoms. The van der Waals surface area contributed by atoms with Crippen molar-refractivity contribution in [2.24, 2.45) is 0 Å². The van der Waals surface area contributed by atoms with E-state index in [2.05, 4.69) is 35.0 Å². The number of benzene rings is 1. The smallest absolute Gasteiger partial charge is 0.0517 e. The molecular formula is C17H22N2. The minimum Gasteiger partial charge on any atom is -0.344 e. The lowest BCUT2D eigenvalue weighted by molar-refractivity contribution is 0.459. The molecule has 100 valence electrons. The summed E-state index contributed by atoms with van der Waals surface area (Å²) in [5.41, 5.74) is 6.29. The average Bonchev–Trinajstić information content (AvgIpc) is 2.76. The summed E-state index contributed by atoms with van der Waals surface area (Å²) in [5, 5.41) is 5.03. The number of nitrogens with zero attached hydrogens (tertiary/aromatic N) is 1. The van der Waals surface area contributed by atoms with Crippen LogP contribution in [0.1, 0.15) is 42.0 Å². The molecule has 19 heavy (non-hydrogen) atoms. The van der Waals surface area contributed by atoms with E-state index in [-0.39, 0.29) is 0 Å². The number of aromatic nitrogens is 1. The summed E-state index contributed by atoms with van der Waals surface area (Å²) in [6, 6.07) is 6.94. The van der Waals surface area contributed by atoms with Crippen LogP contribution in [0.5, 0.6) is 0 Å². The first-order valence-corrected chi connectivity index (χ1v) is 7.67. The van der Waals surface area contributed by atoms with Crippen LogP contribution in [0.4, 0.5) is 0 Å². The Labute approximate surface area is 114 Å². The summed E-state index contributed by atoms with van der Waals surface area (Å²) in [6.07, 6.45) is 5.15. The summed E-state index contributed by atoms with van der Waals surface area (Å²) >= 11 is 0. The summed E-state index contributed by atoms with van der Waals surface area (Å²) in [7, 11) is 0. The Morgan fingerprint density at radius 1 is 1.21 bits per heavy atom. The molecule has 0 spiro atoms. The second-order valence-electron chi connectivity index (χ2n) is 6.09. The fourth-order valence-corrected chi connectivity index (χ4v) is 4.17. The molecule has 0 unspecified atom stereocenters. The molecule has 0 radical (unpaired) electrons. The zero-order chi connectivity index (χ0) is 12.8. The fraction of sp³-hybridized carbons (Fsp3) is 0.529. The van der Waals surface area contributed by atoms with Gasteiger partial charge in [-0.3, -0.25) is 0 Å². The Morgan fingerprint density at radius 2 is 2.05 bits per heavy atom. The molecule has 1 saturated heterocycles. The van der Waals surface area contributed by atoms with Crippen molar-refractivity contribution >= 4 is 10.9 Å². The van der Waals surface area contributed by atoms with Gasteiger partial charge >= 0.3 is 0 Å². The van der Waals surface area contributed by atoms with Crippen LogP contribution in [0.3, 0.4) is 0 Å². The maximum atomic E-state index is 3.49. The number of rotatable bonds is 1. The minimum atomic E-state index is 0.762. The summed E-state index contributed by atoms with van der Waals surface area (Å²) < 4.78 is 2.59. The zero-order valence-corrected chi connectivity index (χ0v) is 11.7. The number of para-hydroxylation sites is 1. The van der Waals surface area contributed by atoms with Crippen molar-refractivity contribution in [2.75, 3.05) is 13.1 Å². The number of aryl methyl sites for hydroxylation is 2. The summed E-state index contributed by atoms with van der Waals surface area (Å²) in [4.78, 5) is 0. The molecular weight excluding hydrogens is 232 g/mol. The van der Waals surface area contributed by atoms with Crippen LogP contribution < -0.4 is 5.32 Å². The van der Waals surface area contributed by atoms with Gasteiger partial charge in [0.15, 0.2) is 0 Å². The maximum absolute atomic E-state index is 3.49.